The summed E-state index contributed by atoms with van der Waals surface area (Å²) in [6.45, 7) is 0. The van der Waals surface area contributed by atoms with Crippen LogP contribution in [0.25, 0.3) is 32.3 Å². The van der Waals surface area contributed by atoms with Crippen molar-refractivity contribution in [3.63, 3.8) is 0 Å². The molecule has 0 N–H and O–H groups in total. The van der Waals surface area contributed by atoms with E-state index in [0.29, 0.717) is 0 Å². The second-order valence-corrected chi connectivity index (χ2v) is 4.49. The predicted octanol–water partition coefficient (Wildman–Crippen LogP) is 4.26. The average molecular weight is 226 g/mol. The van der Waals surface area contributed by atoms with E-state index in [1.54, 1.807) is 0 Å². The summed E-state index contributed by atoms with van der Waals surface area (Å²) < 4.78 is 0. The predicted molar refractivity (Wildman–Crippen MR) is 73.7 cm³/mol. The average Bonchev–Trinajstić information content (AvgIpc) is 2.44. The van der Waals surface area contributed by atoms with Gasteiger partial charge in [-0.15, -0.1) is 0 Å². The fourth-order valence-electron chi connectivity index (χ4n) is 2.77. The summed E-state index contributed by atoms with van der Waals surface area (Å²) in [5.74, 6) is 0. The summed E-state index contributed by atoms with van der Waals surface area (Å²) in [4.78, 5) is 0. The first kappa shape index (κ1) is 9.44. The molecule has 0 saturated heterocycles. The van der Waals surface area contributed by atoms with Crippen molar-refractivity contribution < 1.29 is 0 Å². The van der Waals surface area contributed by atoms with E-state index in [4.69, 9.17) is 0 Å². The number of hydrogen-bond acceptors (Lipinski definition) is 1. The second-order valence-electron chi connectivity index (χ2n) is 4.49. The Morgan fingerprint density at radius 1 is 0.944 bits per heavy atom. The summed E-state index contributed by atoms with van der Waals surface area (Å²) in [7, 11) is 0. The number of nitriles is 1. The number of hydrogen-bond donors (Lipinski definition) is 0. The summed E-state index contributed by atoms with van der Waals surface area (Å²) in [5, 5.41) is 16.1. The van der Waals surface area contributed by atoms with Crippen molar-refractivity contribution >= 4 is 32.3 Å². The molecule has 1 nitrogen and oxygen atoms in total. The van der Waals surface area contributed by atoms with Gasteiger partial charge in [0.15, 0.2) is 0 Å². The molecule has 1 radical (unpaired) electrons. The monoisotopic (exact) mass is 226 g/mol. The van der Waals surface area contributed by atoms with Crippen molar-refractivity contribution in [3.05, 3.63) is 60.2 Å². The Morgan fingerprint density at radius 2 is 1.78 bits per heavy atom. The van der Waals surface area contributed by atoms with Gasteiger partial charge in [-0.3, -0.25) is 0 Å². The normalized spacial score (nSPS) is 11.3. The highest BCUT2D eigenvalue weighted by Gasteiger charge is 2.10. The lowest BCUT2D eigenvalue weighted by molar-refractivity contribution is 1.51. The van der Waals surface area contributed by atoms with Gasteiger partial charge in [0.1, 0.15) is 0 Å². The molecule has 0 atom stereocenters. The lowest BCUT2D eigenvalue weighted by Crippen LogP contribution is -1.87. The van der Waals surface area contributed by atoms with Crippen LogP contribution < -0.4 is 0 Å². The SMILES string of the molecule is N#Cc1cc2[c]ccc3ccc4cccc1c4c23. The molecule has 81 valence electrons. The minimum absolute atomic E-state index is 0.725. The molecule has 0 heterocycles. The molecule has 0 unspecified atom stereocenters. The summed E-state index contributed by atoms with van der Waals surface area (Å²) in [6, 6.07) is 21.8. The van der Waals surface area contributed by atoms with Crippen LogP contribution in [0.4, 0.5) is 0 Å². The Kier molecular flexibility index (Phi) is 1.68. The molecule has 0 saturated carbocycles. The largest absolute Gasteiger partial charge is 0.192 e. The number of rotatable bonds is 0. The van der Waals surface area contributed by atoms with Crippen LogP contribution in [0.5, 0.6) is 0 Å². The summed E-state index contributed by atoms with van der Waals surface area (Å²) in [6.07, 6.45) is 0. The van der Waals surface area contributed by atoms with Crippen LogP contribution >= 0.6 is 0 Å². The third kappa shape index (κ3) is 1.05. The standard InChI is InChI=1S/C17H8N/c18-10-14-9-13-5-1-3-11-7-8-12-4-2-6-15(14)17(12)16(11)13/h1-4,6-9H. The molecule has 0 bridgehead atoms. The Labute approximate surface area is 104 Å². The first-order chi connectivity index (χ1) is 8.88. The molecule has 1 heteroatoms. The number of benzene rings is 4. The zero-order chi connectivity index (χ0) is 12.1. The highest BCUT2D eigenvalue weighted by Crippen LogP contribution is 2.35. The van der Waals surface area contributed by atoms with Gasteiger partial charge in [-0.25, -0.2) is 0 Å². The Hall–Kier alpha value is -2.59. The molecular weight excluding hydrogens is 218 g/mol. The minimum Gasteiger partial charge on any atom is -0.192 e. The van der Waals surface area contributed by atoms with Gasteiger partial charge in [-0.05, 0) is 39.1 Å². The Bertz CT molecular complexity index is 929. The van der Waals surface area contributed by atoms with Crippen LogP contribution in [-0.4, -0.2) is 0 Å². The second kappa shape index (κ2) is 3.21. The summed E-state index contributed by atoms with van der Waals surface area (Å²) in [5.41, 5.74) is 0.725. The van der Waals surface area contributed by atoms with Crippen molar-refractivity contribution in [2.24, 2.45) is 0 Å². The van der Waals surface area contributed by atoms with Crippen molar-refractivity contribution in [2.75, 3.05) is 0 Å². The maximum absolute atomic E-state index is 9.29. The molecule has 4 aromatic carbocycles. The van der Waals surface area contributed by atoms with Crippen LogP contribution in [0.3, 0.4) is 0 Å². The zero-order valence-electron chi connectivity index (χ0n) is 9.57. The van der Waals surface area contributed by atoms with Gasteiger partial charge in [0.2, 0.25) is 0 Å². The van der Waals surface area contributed by atoms with E-state index in [-0.39, 0.29) is 0 Å². The molecule has 0 amide bonds. The fraction of sp³-hybridized carbons (Fsp3) is 0. The molecule has 18 heavy (non-hydrogen) atoms. The molecule has 0 aromatic heterocycles. The molecule has 0 spiro atoms. The Balaban J connectivity index is 2.48. The van der Waals surface area contributed by atoms with Crippen molar-refractivity contribution in [3.8, 4) is 6.07 Å². The van der Waals surface area contributed by atoms with Crippen molar-refractivity contribution in [1.82, 2.24) is 0 Å². The highest BCUT2D eigenvalue weighted by atomic mass is 14.2. The van der Waals surface area contributed by atoms with E-state index in [1.807, 2.05) is 24.3 Å². The molecule has 0 aliphatic carbocycles. The van der Waals surface area contributed by atoms with Crippen LogP contribution in [0, 0.1) is 17.4 Å². The summed E-state index contributed by atoms with van der Waals surface area (Å²) >= 11 is 0. The van der Waals surface area contributed by atoms with Crippen LogP contribution in [0.2, 0.25) is 0 Å². The van der Waals surface area contributed by atoms with Gasteiger partial charge in [-0.2, -0.15) is 5.26 Å². The van der Waals surface area contributed by atoms with Gasteiger partial charge in [0, 0.05) is 5.39 Å². The first-order valence-electron chi connectivity index (χ1n) is 5.87. The molecular formula is C17H8N. The van der Waals surface area contributed by atoms with Gasteiger partial charge >= 0.3 is 0 Å². The van der Waals surface area contributed by atoms with Crippen molar-refractivity contribution in [1.29, 1.82) is 5.26 Å². The van der Waals surface area contributed by atoms with Crippen molar-refractivity contribution in [2.45, 2.75) is 0 Å². The molecule has 4 rings (SSSR count). The van der Waals surface area contributed by atoms with E-state index >= 15 is 0 Å². The van der Waals surface area contributed by atoms with Gasteiger partial charge in [0.05, 0.1) is 11.6 Å². The van der Waals surface area contributed by atoms with E-state index in [0.717, 1.165) is 16.3 Å². The van der Waals surface area contributed by atoms with Crippen LogP contribution in [0.1, 0.15) is 5.56 Å². The molecule has 0 aliphatic rings. The first-order valence-corrected chi connectivity index (χ1v) is 5.87. The highest BCUT2D eigenvalue weighted by molar-refractivity contribution is 6.24. The van der Waals surface area contributed by atoms with E-state index in [9.17, 15) is 5.26 Å². The van der Waals surface area contributed by atoms with Crippen LogP contribution in [0.15, 0.2) is 48.5 Å². The molecule has 4 aromatic rings. The third-order valence-electron chi connectivity index (χ3n) is 3.55. The van der Waals surface area contributed by atoms with Gasteiger partial charge < -0.3 is 0 Å². The number of nitrogens with zero attached hydrogens (tertiary/aromatic N) is 1. The fourth-order valence-corrected chi connectivity index (χ4v) is 2.77. The molecule has 0 aliphatic heterocycles. The Morgan fingerprint density at radius 3 is 2.61 bits per heavy atom. The lowest BCUT2D eigenvalue weighted by atomic mass is 9.92. The van der Waals surface area contributed by atoms with Crippen LogP contribution in [-0.2, 0) is 0 Å². The van der Waals surface area contributed by atoms with E-state index < -0.39 is 0 Å². The van der Waals surface area contributed by atoms with Gasteiger partial charge in [-0.1, -0.05) is 42.5 Å². The quantitative estimate of drug-likeness (QED) is 0.411. The maximum Gasteiger partial charge on any atom is 0.0998 e. The van der Waals surface area contributed by atoms with E-state index in [2.05, 4.69) is 36.4 Å². The lowest BCUT2D eigenvalue weighted by Gasteiger charge is -2.11. The van der Waals surface area contributed by atoms with E-state index in [1.165, 1.54) is 21.5 Å². The maximum atomic E-state index is 9.29. The molecule has 0 fully saturated rings. The topological polar surface area (TPSA) is 23.8 Å². The minimum atomic E-state index is 0.725. The zero-order valence-corrected chi connectivity index (χ0v) is 9.57. The smallest absolute Gasteiger partial charge is 0.0998 e. The third-order valence-corrected chi connectivity index (χ3v) is 3.55. The van der Waals surface area contributed by atoms with Gasteiger partial charge in [0.25, 0.3) is 0 Å².